The quantitative estimate of drug-likeness (QED) is 0.667. The van der Waals surface area contributed by atoms with E-state index in [1.807, 2.05) is 37.3 Å². The Hall–Kier alpha value is -2.30. The van der Waals surface area contributed by atoms with Gasteiger partial charge in [0.05, 0.1) is 11.7 Å². The average Bonchev–Trinajstić information content (AvgIpc) is 2.87. The molecule has 84 valence electrons. The van der Waals surface area contributed by atoms with Gasteiger partial charge in [-0.05, 0) is 17.3 Å². The number of fused-ring (bicyclic) bond motifs is 1. The van der Waals surface area contributed by atoms with Crippen LogP contribution in [0.15, 0.2) is 36.5 Å². The van der Waals surface area contributed by atoms with Gasteiger partial charge in [0.25, 0.3) is 0 Å². The van der Waals surface area contributed by atoms with Crippen molar-refractivity contribution in [3.8, 4) is 5.69 Å². The topological polar surface area (TPSA) is 56.5 Å². The van der Waals surface area contributed by atoms with E-state index < -0.39 is 0 Å². The molecule has 0 atom stereocenters. The molecule has 0 saturated heterocycles. The van der Waals surface area contributed by atoms with E-state index >= 15 is 0 Å². The molecule has 5 heteroatoms. The summed E-state index contributed by atoms with van der Waals surface area (Å²) in [6.07, 6.45) is 2.53. The zero-order valence-electron chi connectivity index (χ0n) is 9.41. The number of para-hydroxylation sites is 1. The summed E-state index contributed by atoms with van der Waals surface area (Å²) in [5.74, 6) is 0.734. The van der Waals surface area contributed by atoms with Gasteiger partial charge in [-0.1, -0.05) is 25.1 Å². The smallest absolute Gasteiger partial charge is 0.174 e. The Labute approximate surface area is 98.1 Å². The second kappa shape index (κ2) is 3.93. The Bertz CT molecular complexity index is 659. The maximum absolute atomic E-state index is 4.36. The molecule has 0 aliphatic carbocycles. The largest absolute Gasteiger partial charge is 0.254 e. The SMILES string of the molecule is CCc1nnn(-c2cnc3ccccc3c2)n1. The van der Waals surface area contributed by atoms with Crippen molar-refractivity contribution in [3.63, 3.8) is 0 Å². The average molecular weight is 225 g/mol. The minimum Gasteiger partial charge on any atom is -0.254 e. The third kappa shape index (κ3) is 1.75. The predicted molar refractivity (Wildman–Crippen MR) is 63.8 cm³/mol. The fourth-order valence-electron chi connectivity index (χ4n) is 1.66. The van der Waals surface area contributed by atoms with Gasteiger partial charge in [-0.2, -0.15) is 0 Å². The monoisotopic (exact) mass is 225 g/mol. The first-order chi connectivity index (χ1) is 8.36. The minimum absolute atomic E-state index is 0.734. The van der Waals surface area contributed by atoms with Crippen molar-refractivity contribution in [3.05, 3.63) is 42.4 Å². The molecule has 0 N–H and O–H groups in total. The first kappa shape index (κ1) is 9.89. The second-order valence-corrected chi connectivity index (χ2v) is 3.73. The number of nitrogens with zero attached hydrogens (tertiary/aromatic N) is 5. The van der Waals surface area contributed by atoms with Crippen LogP contribution < -0.4 is 0 Å². The van der Waals surface area contributed by atoms with Crippen LogP contribution in [0, 0.1) is 0 Å². The summed E-state index contributed by atoms with van der Waals surface area (Å²) >= 11 is 0. The lowest BCUT2D eigenvalue weighted by Gasteiger charge is -2.00. The van der Waals surface area contributed by atoms with Crippen LogP contribution in [0.3, 0.4) is 0 Å². The highest BCUT2D eigenvalue weighted by atomic mass is 15.6. The van der Waals surface area contributed by atoms with Gasteiger partial charge in [-0.15, -0.1) is 15.0 Å². The maximum atomic E-state index is 4.36. The van der Waals surface area contributed by atoms with E-state index in [0.717, 1.165) is 28.8 Å². The third-order valence-corrected chi connectivity index (χ3v) is 2.58. The normalized spacial score (nSPS) is 10.9. The minimum atomic E-state index is 0.734. The number of tetrazole rings is 1. The van der Waals surface area contributed by atoms with Crippen LogP contribution in [0.5, 0.6) is 0 Å². The van der Waals surface area contributed by atoms with Crippen LogP contribution in [0.25, 0.3) is 16.6 Å². The van der Waals surface area contributed by atoms with Gasteiger partial charge in [0.1, 0.15) is 5.69 Å². The fourth-order valence-corrected chi connectivity index (χ4v) is 1.66. The van der Waals surface area contributed by atoms with Crippen molar-refractivity contribution >= 4 is 10.9 Å². The molecule has 0 spiro atoms. The first-order valence-corrected chi connectivity index (χ1v) is 5.51. The molecule has 0 fully saturated rings. The third-order valence-electron chi connectivity index (χ3n) is 2.58. The highest BCUT2D eigenvalue weighted by molar-refractivity contribution is 5.79. The molecule has 0 aliphatic heterocycles. The van der Waals surface area contributed by atoms with Crippen LogP contribution in [0.1, 0.15) is 12.7 Å². The molecule has 0 radical (unpaired) electrons. The van der Waals surface area contributed by atoms with Crippen LogP contribution in [0.2, 0.25) is 0 Å². The summed E-state index contributed by atoms with van der Waals surface area (Å²) in [5, 5.41) is 13.3. The number of aromatic nitrogens is 5. The summed E-state index contributed by atoms with van der Waals surface area (Å²) in [7, 11) is 0. The van der Waals surface area contributed by atoms with Crippen molar-refractivity contribution in [1.82, 2.24) is 25.2 Å². The summed E-state index contributed by atoms with van der Waals surface area (Å²) < 4.78 is 0. The molecule has 2 heterocycles. The molecular formula is C12H11N5. The van der Waals surface area contributed by atoms with Crippen LogP contribution >= 0.6 is 0 Å². The molecule has 1 aromatic carbocycles. The van der Waals surface area contributed by atoms with Gasteiger partial charge >= 0.3 is 0 Å². The Kier molecular flexibility index (Phi) is 2.29. The van der Waals surface area contributed by atoms with E-state index in [1.54, 1.807) is 6.20 Å². The summed E-state index contributed by atoms with van der Waals surface area (Å²) in [4.78, 5) is 5.88. The highest BCUT2D eigenvalue weighted by Crippen LogP contribution is 2.14. The molecule has 0 saturated carbocycles. The van der Waals surface area contributed by atoms with E-state index in [4.69, 9.17) is 0 Å². The van der Waals surface area contributed by atoms with Crippen LogP contribution in [-0.4, -0.2) is 25.2 Å². The molecule has 0 aliphatic rings. The summed E-state index contributed by atoms with van der Waals surface area (Å²) in [6.45, 7) is 2.00. The molecule has 3 rings (SSSR count). The number of pyridine rings is 1. The Balaban J connectivity index is 2.11. The number of benzene rings is 1. The maximum Gasteiger partial charge on any atom is 0.174 e. The van der Waals surface area contributed by atoms with E-state index in [0.29, 0.717) is 0 Å². The lowest BCUT2D eigenvalue weighted by Crippen LogP contribution is -2.00. The molecule has 3 aromatic rings. The first-order valence-electron chi connectivity index (χ1n) is 5.51. The molecule has 17 heavy (non-hydrogen) atoms. The van der Waals surface area contributed by atoms with E-state index in [1.165, 1.54) is 4.80 Å². The van der Waals surface area contributed by atoms with Gasteiger partial charge < -0.3 is 0 Å². The second-order valence-electron chi connectivity index (χ2n) is 3.73. The molecule has 0 unspecified atom stereocenters. The van der Waals surface area contributed by atoms with Crippen LogP contribution in [-0.2, 0) is 6.42 Å². The van der Waals surface area contributed by atoms with E-state index in [2.05, 4.69) is 20.4 Å². The molecule has 0 bridgehead atoms. The molecule has 0 amide bonds. The molecule has 5 nitrogen and oxygen atoms in total. The summed E-state index contributed by atoms with van der Waals surface area (Å²) in [6, 6.07) is 9.95. The van der Waals surface area contributed by atoms with Gasteiger partial charge in [0.2, 0.25) is 0 Å². The Morgan fingerprint density at radius 1 is 1.24 bits per heavy atom. The number of rotatable bonds is 2. The fraction of sp³-hybridized carbons (Fsp3) is 0.167. The Morgan fingerprint density at radius 2 is 2.12 bits per heavy atom. The zero-order valence-corrected chi connectivity index (χ0v) is 9.41. The van der Waals surface area contributed by atoms with Gasteiger partial charge in [-0.25, -0.2) is 0 Å². The molecule has 2 aromatic heterocycles. The van der Waals surface area contributed by atoms with Crippen molar-refractivity contribution in [2.24, 2.45) is 0 Å². The van der Waals surface area contributed by atoms with Gasteiger partial charge in [-0.3, -0.25) is 4.98 Å². The van der Waals surface area contributed by atoms with Gasteiger partial charge in [0, 0.05) is 11.8 Å². The predicted octanol–water partition coefficient (Wildman–Crippen LogP) is 1.77. The van der Waals surface area contributed by atoms with Crippen molar-refractivity contribution in [2.45, 2.75) is 13.3 Å². The standard InChI is InChI=1S/C12H11N5/c1-2-12-14-16-17(15-12)10-7-9-5-3-4-6-11(9)13-8-10/h3-8H,2H2,1H3. The number of hydrogen-bond acceptors (Lipinski definition) is 4. The molecular weight excluding hydrogens is 214 g/mol. The van der Waals surface area contributed by atoms with Crippen molar-refractivity contribution < 1.29 is 0 Å². The Morgan fingerprint density at radius 3 is 2.94 bits per heavy atom. The highest BCUT2D eigenvalue weighted by Gasteiger charge is 2.04. The van der Waals surface area contributed by atoms with Crippen molar-refractivity contribution in [1.29, 1.82) is 0 Å². The van der Waals surface area contributed by atoms with Crippen molar-refractivity contribution in [2.75, 3.05) is 0 Å². The lowest BCUT2D eigenvalue weighted by atomic mass is 10.2. The van der Waals surface area contributed by atoms with Gasteiger partial charge in [0.15, 0.2) is 5.82 Å². The lowest BCUT2D eigenvalue weighted by molar-refractivity contribution is 0.716. The van der Waals surface area contributed by atoms with Crippen LogP contribution in [0.4, 0.5) is 0 Å². The summed E-state index contributed by atoms with van der Waals surface area (Å²) in [5.41, 5.74) is 1.79. The number of aryl methyl sites for hydroxylation is 1. The van der Waals surface area contributed by atoms with E-state index in [9.17, 15) is 0 Å². The van der Waals surface area contributed by atoms with E-state index in [-0.39, 0.29) is 0 Å². The number of hydrogen-bond donors (Lipinski definition) is 0. The zero-order chi connectivity index (χ0) is 11.7.